The Hall–Kier alpha value is -1.39. The molecule has 0 saturated heterocycles. The van der Waals surface area contributed by atoms with Crippen LogP contribution in [0.1, 0.15) is 20.9 Å². The number of aromatic nitrogens is 1. The van der Waals surface area contributed by atoms with Crippen LogP contribution in [-0.4, -0.2) is 10.9 Å². The summed E-state index contributed by atoms with van der Waals surface area (Å²) in [5.41, 5.74) is 3.46. The lowest BCUT2D eigenvalue weighted by atomic mass is 10.2. The van der Waals surface area contributed by atoms with Gasteiger partial charge in [0.25, 0.3) is 5.91 Å². The number of benzene rings is 1. The quantitative estimate of drug-likeness (QED) is 0.928. The average molecular weight is 267 g/mol. The van der Waals surface area contributed by atoms with E-state index in [2.05, 4.69) is 10.3 Å². The second kappa shape index (κ2) is 5.29. The topological polar surface area (TPSA) is 42.0 Å². The summed E-state index contributed by atoms with van der Waals surface area (Å²) < 4.78 is 0. The Morgan fingerprint density at radius 2 is 2.12 bits per heavy atom. The van der Waals surface area contributed by atoms with Crippen LogP contribution in [0.3, 0.4) is 0 Å². The number of carbonyl (C=O) groups excluding carboxylic acids is 1. The minimum atomic E-state index is -0.0834. The van der Waals surface area contributed by atoms with Crippen molar-refractivity contribution in [3.8, 4) is 0 Å². The van der Waals surface area contributed by atoms with E-state index in [4.69, 9.17) is 11.6 Å². The fourth-order valence-electron chi connectivity index (χ4n) is 1.38. The lowest BCUT2D eigenvalue weighted by Crippen LogP contribution is -2.22. The van der Waals surface area contributed by atoms with Crippen molar-refractivity contribution >= 4 is 28.8 Å². The predicted octanol–water partition coefficient (Wildman–Crippen LogP) is 3.03. The molecule has 0 aliphatic rings. The molecule has 3 nitrogen and oxygen atoms in total. The van der Waals surface area contributed by atoms with Crippen molar-refractivity contribution in [2.24, 2.45) is 0 Å². The molecule has 1 amide bonds. The van der Waals surface area contributed by atoms with Crippen LogP contribution in [0.15, 0.2) is 29.8 Å². The van der Waals surface area contributed by atoms with Gasteiger partial charge < -0.3 is 5.32 Å². The van der Waals surface area contributed by atoms with Gasteiger partial charge in [-0.3, -0.25) is 4.79 Å². The first-order chi connectivity index (χ1) is 8.16. The molecule has 0 bridgehead atoms. The molecule has 2 aromatic rings. The van der Waals surface area contributed by atoms with Crippen LogP contribution in [0.2, 0.25) is 5.02 Å². The summed E-state index contributed by atoms with van der Waals surface area (Å²) >= 11 is 7.13. The zero-order valence-electron chi connectivity index (χ0n) is 9.24. The molecular formula is C12H11ClN2OS. The fourth-order valence-corrected chi connectivity index (χ4v) is 2.23. The number of nitrogens with zero attached hydrogens (tertiary/aromatic N) is 1. The lowest BCUT2D eigenvalue weighted by molar-refractivity contribution is 0.0954. The van der Waals surface area contributed by atoms with Crippen molar-refractivity contribution in [2.45, 2.75) is 13.5 Å². The molecule has 88 valence electrons. The van der Waals surface area contributed by atoms with Gasteiger partial charge in [0, 0.05) is 11.6 Å². The van der Waals surface area contributed by atoms with Crippen molar-refractivity contribution in [3.63, 3.8) is 0 Å². The summed E-state index contributed by atoms with van der Waals surface area (Å²) in [5, 5.41) is 3.54. The molecule has 1 N–H and O–H groups in total. The van der Waals surface area contributed by atoms with Gasteiger partial charge in [-0.2, -0.15) is 0 Å². The fraction of sp³-hybridized carbons (Fsp3) is 0.167. The van der Waals surface area contributed by atoms with Gasteiger partial charge in [-0.25, -0.2) is 4.98 Å². The maximum Gasteiger partial charge on any atom is 0.263 e. The standard InChI is InChI=1S/C12H11ClN2OS/c1-8-11(17-7-15-8)12(16)14-6-9-2-4-10(13)5-3-9/h2-5,7H,6H2,1H3,(H,14,16). The van der Waals surface area contributed by atoms with Crippen LogP contribution in [0.5, 0.6) is 0 Å². The number of thiazole rings is 1. The Morgan fingerprint density at radius 3 is 2.71 bits per heavy atom. The summed E-state index contributed by atoms with van der Waals surface area (Å²) in [7, 11) is 0. The monoisotopic (exact) mass is 266 g/mol. The molecule has 1 heterocycles. The Morgan fingerprint density at radius 1 is 1.41 bits per heavy atom. The van der Waals surface area contributed by atoms with E-state index in [1.165, 1.54) is 11.3 Å². The smallest absolute Gasteiger partial charge is 0.263 e. The molecule has 0 radical (unpaired) electrons. The van der Waals surface area contributed by atoms with Gasteiger partial charge >= 0.3 is 0 Å². The lowest BCUT2D eigenvalue weighted by Gasteiger charge is -2.04. The van der Waals surface area contributed by atoms with Crippen molar-refractivity contribution in [1.82, 2.24) is 10.3 Å². The number of amides is 1. The van der Waals surface area contributed by atoms with Gasteiger partial charge in [0.2, 0.25) is 0 Å². The summed E-state index contributed by atoms with van der Waals surface area (Å²) in [6.45, 7) is 2.32. The van der Waals surface area contributed by atoms with Gasteiger partial charge in [-0.05, 0) is 24.6 Å². The Kier molecular flexibility index (Phi) is 3.76. The second-order valence-corrected chi connectivity index (χ2v) is 4.87. The SMILES string of the molecule is Cc1ncsc1C(=O)NCc1ccc(Cl)cc1. The predicted molar refractivity (Wildman–Crippen MR) is 69.5 cm³/mol. The zero-order chi connectivity index (χ0) is 12.3. The van der Waals surface area contributed by atoms with Crippen molar-refractivity contribution in [3.05, 3.63) is 50.9 Å². The first-order valence-corrected chi connectivity index (χ1v) is 6.35. The maximum absolute atomic E-state index is 11.8. The number of nitrogens with one attached hydrogen (secondary N) is 1. The van der Waals surface area contributed by atoms with Crippen molar-refractivity contribution < 1.29 is 4.79 Å². The number of rotatable bonds is 3. The molecule has 0 atom stereocenters. The highest BCUT2D eigenvalue weighted by Gasteiger charge is 2.10. The molecule has 5 heteroatoms. The third-order valence-electron chi connectivity index (χ3n) is 2.32. The minimum absolute atomic E-state index is 0.0834. The first-order valence-electron chi connectivity index (χ1n) is 5.09. The van der Waals surface area contributed by atoms with Gasteiger partial charge in [-0.1, -0.05) is 23.7 Å². The summed E-state index contributed by atoms with van der Waals surface area (Å²) in [5.74, 6) is -0.0834. The highest BCUT2D eigenvalue weighted by Crippen LogP contribution is 2.13. The molecule has 0 spiro atoms. The molecular weight excluding hydrogens is 256 g/mol. The summed E-state index contributed by atoms with van der Waals surface area (Å²) in [6.07, 6.45) is 0. The van der Waals surface area contributed by atoms with E-state index in [1.54, 1.807) is 17.6 Å². The minimum Gasteiger partial charge on any atom is -0.347 e. The van der Waals surface area contributed by atoms with Crippen LogP contribution in [-0.2, 0) is 6.54 Å². The van der Waals surface area contributed by atoms with Crippen molar-refractivity contribution in [2.75, 3.05) is 0 Å². The maximum atomic E-state index is 11.8. The van der Waals surface area contributed by atoms with E-state index in [9.17, 15) is 4.79 Å². The third kappa shape index (κ3) is 3.05. The summed E-state index contributed by atoms with van der Waals surface area (Å²) in [6, 6.07) is 7.40. The van der Waals surface area contributed by atoms with Gasteiger partial charge in [0.05, 0.1) is 11.2 Å². The van der Waals surface area contributed by atoms with Crippen LogP contribution in [0, 0.1) is 6.92 Å². The highest BCUT2D eigenvalue weighted by atomic mass is 35.5. The van der Waals surface area contributed by atoms with Crippen LogP contribution in [0.25, 0.3) is 0 Å². The van der Waals surface area contributed by atoms with Crippen LogP contribution < -0.4 is 5.32 Å². The van der Waals surface area contributed by atoms with E-state index in [1.807, 2.05) is 19.1 Å². The number of halogens is 1. The average Bonchev–Trinajstić information content (AvgIpc) is 2.74. The number of hydrogen-bond donors (Lipinski definition) is 1. The van der Waals surface area contributed by atoms with Crippen LogP contribution in [0.4, 0.5) is 0 Å². The molecule has 2 rings (SSSR count). The van der Waals surface area contributed by atoms with E-state index >= 15 is 0 Å². The largest absolute Gasteiger partial charge is 0.347 e. The van der Waals surface area contributed by atoms with Crippen molar-refractivity contribution in [1.29, 1.82) is 0 Å². The molecule has 0 unspecified atom stereocenters. The molecule has 0 aliphatic heterocycles. The van der Waals surface area contributed by atoms with E-state index in [-0.39, 0.29) is 5.91 Å². The normalized spacial score (nSPS) is 10.2. The van der Waals surface area contributed by atoms with Gasteiger partial charge in [-0.15, -0.1) is 11.3 Å². The Labute approximate surface area is 108 Å². The number of carbonyl (C=O) groups is 1. The van der Waals surface area contributed by atoms with E-state index < -0.39 is 0 Å². The van der Waals surface area contributed by atoms with E-state index in [0.29, 0.717) is 16.4 Å². The van der Waals surface area contributed by atoms with E-state index in [0.717, 1.165) is 11.3 Å². The molecule has 0 saturated carbocycles. The second-order valence-electron chi connectivity index (χ2n) is 3.58. The summed E-state index contributed by atoms with van der Waals surface area (Å²) in [4.78, 5) is 16.5. The number of hydrogen-bond acceptors (Lipinski definition) is 3. The van der Waals surface area contributed by atoms with Gasteiger partial charge in [0.15, 0.2) is 0 Å². The molecule has 17 heavy (non-hydrogen) atoms. The first kappa shape index (κ1) is 12.1. The highest BCUT2D eigenvalue weighted by molar-refractivity contribution is 7.11. The number of aryl methyl sites for hydroxylation is 1. The molecule has 1 aromatic carbocycles. The molecule has 0 aliphatic carbocycles. The van der Waals surface area contributed by atoms with Gasteiger partial charge in [0.1, 0.15) is 4.88 Å². The third-order valence-corrected chi connectivity index (χ3v) is 3.50. The molecule has 1 aromatic heterocycles. The van der Waals surface area contributed by atoms with Crippen LogP contribution >= 0.6 is 22.9 Å². The molecule has 0 fully saturated rings. The Bertz CT molecular complexity index is 522. The Balaban J connectivity index is 1.97. The zero-order valence-corrected chi connectivity index (χ0v) is 10.8.